The van der Waals surface area contributed by atoms with Crippen molar-refractivity contribution < 1.29 is 4.52 Å². The Labute approximate surface area is 123 Å². The molecule has 1 atom stereocenters. The molecule has 3 aliphatic heterocycles. The number of nitrogen functional groups attached to an aromatic ring is 1. The van der Waals surface area contributed by atoms with Crippen LogP contribution in [0, 0.1) is 6.92 Å². The van der Waals surface area contributed by atoms with E-state index in [4.69, 9.17) is 10.3 Å². The van der Waals surface area contributed by atoms with Gasteiger partial charge < -0.3 is 10.3 Å². The normalized spacial score (nSPS) is 28.0. The van der Waals surface area contributed by atoms with Gasteiger partial charge in [-0.25, -0.2) is 0 Å². The Morgan fingerprint density at radius 1 is 1.24 bits per heavy atom. The zero-order valence-electron chi connectivity index (χ0n) is 12.1. The smallest absolute Gasteiger partial charge is 0.260 e. The number of hydrogen-bond acceptors (Lipinski definition) is 6. The summed E-state index contributed by atoms with van der Waals surface area (Å²) in [6, 6.07) is 6.05. The first-order chi connectivity index (χ1) is 10.2. The second-order valence-electron chi connectivity index (χ2n) is 5.85. The van der Waals surface area contributed by atoms with Gasteiger partial charge in [0.1, 0.15) is 0 Å². The Balaban J connectivity index is 1.67. The maximum Gasteiger partial charge on any atom is 0.260 e. The zero-order chi connectivity index (χ0) is 14.4. The molecular formula is C15H19N5O. The summed E-state index contributed by atoms with van der Waals surface area (Å²) in [6.45, 7) is 7.45. The second kappa shape index (κ2) is 4.82. The van der Waals surface area contributed by atoms with Crippen LogP contribution in [0.15, 0.2) is 22.7 Å². The van der Waals surface area contributed by atoms with E-state index in [1.54, 1.807) is 0 Å². The van der Waals surface area contributed by atoms with Crippen LogP contribution in [0.25, 0.3) is 11.5 Å². The molecule has 2 bridgehead atoms. The van der Waals surface area contributed by atoms with Crippen molar-refractivity contribution in [2.24, 2.45) is 0 Å². The first kappa shape index (κ1) is 12.8. The summed E-state index contributed by atoms with van der Waals surface area (Å²) < 4.78 is 5.49. The van der Waals surface area contributed by atoms with E-state index in [2.05, 4.69) is 19.9 Å². The average molecular weight is 285 g/mol. The molecule has 6 heteroatoms. The van der Waals surface area contributed by atoms with Crippen LogP contribution in [-0.2, 0) is 0 Å². The van der Waals surface area contributed by atoms with Crippen molar-refractivity contribution in [3.8, 4) is 11.5 Å². The first-order valence-electron chi connectivity index (χ1n) is 7.38. The monoisotopic (exact) mass is 285 g/mol. The molecule has 1 aromatic heterocycles. The van der Waals surface area contributed by atoms with Gasteiger partial charge in [-0.3, -0.25) is 9.80 Å². The van der Waals surface area contributed by atoms with E-state index < -0.39 is 0 Å². The van der Waals surface area contributed by atoms with Gasteiger partial charge in [0.05, 0.1) is 11.6 Å². The van der Waals surface area contributed by atoms with Crippen LogP contribution in [0.4, 0.5) is 5.69 Å². The minimum atomic E-state index is 0.246. The Hall–Kier alpha value is -1.92. The lowest BCUT2D eigenvalue weighted by atomic mass is 10.1. The van der Waals surface area contributed by atoms with E-state index in [1.165, 1.54) is 0 Å². The standard InChI is InChI=1S/C15H19N5O/c1-10-3-2-4-11(16)13(10)15-17-14(18-21-15)12-9-19-5-7-20(12)8-6-19/h2-4,12H,5-9,16H2,1H3. The van der Waals surface area contributed by atoms with E-state index >= 15 is 0 Å². The number of aryl methyl sites for hydroxylation is 1. The van der Waals surface area contributed by atoms with Gasteiger partial charge in [0.15, 0.2) is 5.82 Å². The molecule has 1 aromatic carbocycles. The van der Waals surface area contributed by atoms with E-state index in [-0.39, 0.29) is 6.04 Å². The zero-order valence-corrected chi connectivity index (χ0v) is 12.1. The molecule has 0 saturated carbocycles. The quantitative estimate of drug-likeness (QED) is 0.839. The SMILES string of the molecule is Cc1cccc(N)c1-c1nc(C2CN3CCN2CC3)no1. The van der Waals surface area contributed by atoms with Gasteiger partial charge in [0, 0.05) is 38.4 Å². The number of benzene rings is 1. The number of nitrogens with two attached hydrogens (primary N) is 1. The number of rotatable bonds is 2. The third kappa shape index (κ3) is 2.11. The molecule has 3 aliphatic rings. The van der Waals surface area contributed by atoms with Crippen molar-refractivity contribution >= 4 is 5.69 Å². The fraction of sp³-hybridized carbons (Fsp3) is 0.467. The summed E-state index contributed by atoms with van der Waals surface area (Å²) in [5, 5.41) is 4.21. The van der Waals surface area contributed by atoms with Gasteiger partial charge in [-0.15, -0.1) is 0 Å². The number of anilines is 1. The van der Waals surface area contributed by atoms with Gasteiger partial charge in [0.25, 0.3) is 5.89 Å². The lowest BCUT2D eigenvalue weighted by molar-refractivity contribution is 0.00781. The maximum absolute atomic E-state index is 6.06. The van der Waals surface area contributed by atoms with Crippen molar-refractivity contribution in [1.82, 2.24) is 19.9 Å². The minimum Gasteiger partial charge on any atom is -0.398 e. The molecule has 110 valence electrons. The van der Waals surface area contributed by atoms with E-state index in [0.717, 1.165) is 49.7 Å². The maximum atomic E-state index is 6.06. The molecule has 6 nitrogen and oxygen atoms in total. The highest BCUT2D eigenvalue weighted by atomic mass is 16.5. The molecule has 2 aromatic rings. The van der Waals surface area contributed by atoms with Crippen LogP contribution in [0.1, 0.15) is 17.4 Å². The summed E-state index contributed by atoms with van der Waals surface area (Å²) in [5.41, 5.74) is 8.64. The predicted molar refractivity (Wildman–Crippen MR) is 79.6 cm³/mol. The van der Waals surface area contributed by atoms with Crippen LogP contribution >= 0.6 is 0 Å². The van der Waals surface area contributed by atoms with Crippen LogP contribution in [0.2, 0.25) is 0 Å². The molecule has 0 spiro atoms. The fourth-order valence-corrected chi connectivity index (χ4v) is 3.32. The highest BCUT2D eigenvalue weighted by Gasteiger charge is 2.35. The molecule has 3 saturated heterocycles. The molecular weight excluding hydrogens is 266 g/mol. The number of hydrogen-bond donors (Lipinski definition) is 1. The molecule has 4 heterocycles. The van der Waals surface area contributed by atoms with E-state index in [0.29, 0.717) is 11.6 Å². The van der Waals surface area contributed by atoms with Gasteiger partial charge in [-0.2, -0.15) is 4.98 Å². The van der Waals surface area contributed by atoms with E-state index in [1.807, 2.05) is 25.1 Å². The van der Waals surface area contributed by atoms with Crippen molar-refractivity contribution in [3.05, 3.63) is 29.6 Å². The Morgan fingerprint density at radius 2 is 2.05 bits per heavy atom. The van der Waals surface area contributed by atoms with Crippen LogP contribution in [0.5, 0.6) is 0 Å². The molecule has 2 N–H and O–H groups in total. The van der Waals surface area contributed by atoms with Gasteiger partial charge in [-0.1, -0.05) is 17.3 Å². The number of nitrogens with zero attached hydrogens (tertiary/aromatic N) is 4. The number of aromatic nitrogens is 2. The molecule has 0 aliphatic carbocycles. The van der Waals surface area contributed by atoms with Crippen molar-refractivity contribution in [2.45, 2.75) is 13.0 Å². The Bertz CT molecular complexity index is 640. The lowest BCUT2D eigenvalue weighted by Gasteiger charge is -2.46. The molecule has 21 heavy (non-hydrogen) atoms. The topological polar surface area (TPSA) is 71.4 Å². The summed E-state index contributed by atoms with van der Waals surface area (Å²) in [7, 11) is 0. The molecule has 0 amide bonds. The van der Waals surface area contributed by atoms with Crippen LogP contribution < -0.4 is 5.73 Å². The summed E-state index contributed by atoms with van der Waals surface area (Å²) in [4.78, 5) is 9.52. The third-order valence-corrected chi connectivity index (χ3v) is 4.54. The second-order valence-corrected chi connectivity index (χ2v) is 5.85. The lowest BCUT2D eigenvalue weighted by Crippen LogP contribution is -2.57. The molecule has 5 rings (SSSR count). The molecule has 1 unspecified atom stereocenters. The largest absolute Gasteiger partial charge is 0.398 e. The fourth-order valence-electron chi connectivity index (χ4n) is 3.32. The third-order valence-electron chi connectivity index (χ3n) is 4.54. The predicted octanol–water partition coefficient (Wildman–Crippen LogP) is 1.30. The van der Waals surface area contributed by atoms with Crippen LogP contribution in [-0.4, -0.2) is 52.7 Å². The molecule has 3 fully saturated rings. The number of piperazine rings is 3. The van der Waals surface area contributed by atoms with E-state index in [9.17, 15) is 0 Å². The Kier molecular flexibility index (Phi) is 2.94. The van der Waals surface area contributed by atoms with Gasteiger partial charge >= 0.3 is 0 Å². The average Bonchev–Trinajstić information content (AvgIpc) is 2.98. The summed E-state index contributed by atoms with van der Waals surface area (Å²) in [6.07, 6.45) is 0. The summed E-state index contributed by atoms with van der Waals surface area (Å²) >= 11 is 0. The first-order valence-corrected chi connectivity index (χ1v) is 7.38. The summed E-state index contributed by atoms with van der Waals surface area (Å²) in [5.74, 6) is 1.30. The Morgan fingerprint density at radius 3 is 2.71 bits per heavy atom. The van der Waals surface area contributed by atoms with Gasteiger partial charge in [-0.05, 0) is 18.6 Å². The van der Waals surface area contributed by atoms with Gasteiger partial charge in [0.2, 0.25) is 0 Å². The number of fused-ring (bicyclic) bond motifs is 3. The highest BCUT2D eigenvalue weighted by Crippen LogP contribution is 2.31. The highest BCUT2D eigenvalue weighted by molar-refractivity contribution is 5.73. The van der Waals surface area contributed by atoms with Crippen LogP contribution in [0.3, 0.4) is 0 Å². The van der Waals surface area contributed by atoms with Crippen molar-refractivity contribution in [3.63, 3.8) is 0 Å². The minimum absolute atomic E-state index is 0.246. The van der Waals surface area contributed by atoms with Crippen molar-refractivity contribution in [2.75, 3.05) is 38.5 Å². The van der Waals surface area contributed by atoms with Crippen molar-refractivity contribution in [1.29, 1.82) is 0 Å². The molecule has 0 radical (unpaired) electrons.